The number of alkyl carbamates (subject to hydrolysis) is 1. The minimum atomic E-state index is -0.818. The molecule has 0 bridgehead atoms. The second kappa shape index (κ2) is 10.8. The van der Waals surface area contributed by atoms with Gasteiger partial charge in [-0.05, 0) is 45.7 Å². The first-order valence-corrected chi connectivity index (χ1v) is 12.5. The number of carbonyl (C=O) groups is 1. The number of aromatic nitrogens is 2. The SMILES string of the molecule is CC(C)(C)OC(=O)NC(C)(C)c1noc(CN2CCN(C(c3ccccc3)c3ccccc3)CC2)n1. The molecule has 1 fully saturated rings. The Labute approximate surface area is 213 Å². The van der Waals surface area contributed by atoms with Crippen LogP contribution in [0.4, 0.5) is 4.79 Å². The van der Waals surface area contributed by atoms with Gasteiger partial charge in [-0.1, -0.05) is 65.8 Å². The molecule has 36 heavy (non-hydrogen) atoms. The molecule has 8 nitrogen and oxygen atoms in total. The third-order valence-corrected chi connectivity index (χ3v) is 6.20. The topological polar surface area (TPSA) is 83.7 Å². The number of rotatable bonds is 7. The van der Waals surface area contributed by atoms with Crippen molar-refractivity contribution in [2.75, 3.05) is 26.2 Å². The van der Waals surface area contributed by atoms with Gasteiger partial charge in [0.25, 0.3) is 0 Å². The van der Waals surface area contributed by atoms with Crippen LogP contribution >= 0.6 is 0 Å². The van der Waals surface area contributed by atoms with E-state index in [9.17, 15) is 4.79 Å². The molecule has 1 amide bonds. The standard InChI is InChI=1S/C28H37N5O3/c1-27(2,3)35-26(34)30-28(4,5)25-29-23(36-31-25)20-32-16-18-33(19-17-32)24(21-12-8-6-9-13-21)22-14-10-7-11-15-22/h6-15,24H,16-20H2,1-5H3,(H,30,34). The lowest BCUT2D eigenvalue weighted by Crippen LogP contribution is -2.47. The third-order valence-electron chi connectivity index (χ3n) is 6.20. The highest BCUT2D eigenvalue weighted by Crippen LogP contribution is 2.29. The molecule has 0 unspecified atom stereocenters. The van der Waals surface area contributed by atoms with E-state index in [2.05, 4.69) is 85.9 Å². The lowest BCUT2D eigenvalue weighted by Gasteiger charge is -2.39. The molecule has 1 N–H and O–H groups in total. The zero-order valence-electron chi connectivity index (χ0n) is 21.9. The highest BCUT2D eigenvalue weighted by molar-refractivity contribution is 5.68. The first-order valence-electron chi connectivity index (χ1n) is 12.5. The van der Waals surface area contributed by atoms with Gasteiger partial charge in [0, 0.05) is 26.2 Å². The Morgan fingerprint density at radius 3 is 2.03 bits per heavy atom. The lowest BCUT2D eigenvalue weighted by atomic mass is 9.96. The van der Waals surface area contributed by atoms with E-state index in [-0.39, 0.29) is 6.04 Å². The maximum atomic E-state index is 12.2. The quantitative estimate of drug-likeness (QED) is 0.511. The molecular formula is C28H37N5O3. The van der Waals surface area contributed by atoms with Crippen molar-refractivity contribution in [3.05, 3.63) is 83.5 Å². The van der Waals surface area contributed by atoms with Crippen LogP contribution in [0.3, 0.4) is 0 Å². The summed E-state index contributed by atoms with van der Waals surface area (Å²) in [5.74, 6) is 0.968. The van der Waals surface area contributed by atoms with Crippen molar-refractivity contribution in [3.63, 3.8) is 0 Å². The van der Waals surface area contributed by atoms with Crippen molar-refractivity contribution in [2.24, 2.45) is 0 Å². The number of hydrogen-bond donors (Lipinski definition) is 1. The molecule has 0 aliphatic carbocycles. The minimum absolute atomic E-state index is 0.226. The number of piperazine rings is 1. The van der Waals surface area contributed by atoms with Crippen molar-refractivity contribution in [2.45, 2.75) is 58.3 Å². The second-order valence-electron chi connectivity index (χ2n) is 10.8. The van der Waals surface area contributed by atoms with Crippen LogP contribution in [0, 0.1) is 0 Å². The van der Waals surface area contributed by atoms with E-state index in [4.69, 9.17) is 9.26 Å². The van der Waals surface area contributed by atoms with Gasteiger partial charge in [-0.2, -0.15) is 4.98 Å². The summed E-state index contributed by atoms with van der Waals surface area (Å²) in [4.78, 5) is 21.7. The van der Waals surface area contributed by atoms with Crippen molar-refractivity contribution in [1.29, 1.82) is 0 Å². The van der Waals surface area contributed by atoms with Crippen LogP contribution in [0.25, 0.3) is 0 Å². The summed E-state index contributed by atoms with van der Waals surface area (Å²) in [6.45, 7) is 13.4. The number of ether oxygens (including phenoxy) is 1. The van der Waals surface area contributed by atoms with Crippen LogP contribution in [-0.4, -0.2) is 57.8 Å². The van der Waals surface area contributed by atoms with Crippen LogP contribution in [0.5, 0.6) is 0 Å². The van der Waals surface area contributed by atoms with Crippen LogP contribution in [0.15, 0.2) is 65.2 Å². The lowest BCUT2D eigenvalue weighted by molar-refractivity contribution is 0.0465. The summed E-state index contributed by atoms with van der Waals surface area (Å²) < 4.78 is 10.9. The van der Waals surface area contributed by atoms with Crippen LogP contribution < -0.4 is 5.32 Å². The fourth-order valence-electron chi connectivity index (χ4n) is 4.44. The van der Waals surface area contributed by atoms with Crippen molar-refractivity contribution in [1.82, 2.24) is 25.3 Å². The number of carbonyl (C=O) groups excluding carboxylic acids is 1. The van der Waals surface area contributed by atoms with Gasteiger partial charge in [-0.15, -0.1) is 0 Å². The largest absolute Gasteiger partial charge is 0.444 e. The molecular weight excluding hydrogens is 454 g/mol. The van der Waals surface area contributed by atoms with E-state index in [1.54, 1.807) is 0 Å². The molecule has 2 heterocycles. The molecule has 2 aromatic carbocycles. The van der Waals surface area contributed by atoms with Gasteiger partial charge in [-0.25, -0.2) is 4.79 Å². The summed E-state index contributed by atoms with van der Waals surface area (Å²) in [6, 6.07) is 21.6. The number of nitrogens with zero attached hydrogens (tertiary/aromatic N) is 4. The molecule has 4 rings (SSSR count). The third kappa shape index (κ3) is 6.71. The Balaban J connectivity index is 1.37. The Kier molecular flexibility index (Phi) is 7.76. The molecule has 1 aliphatic heterocycles. The van der Waals surface area contributed by atoms with Gasteiger partial charge < -0.3 is 14.6 Å². The number of amides is 1. The average molecular weight is 492 g/mol. The predicted molar refractivity (Wildman–Crippen MR) is 138 cm³/mol. The van der Waals surface area contributed by atoms with Crippen molar-refractivity contribution < 1.29 is 14.1 Å². The van der Waals surface area contributed by atoms with Gasteiger partial charge in [0.2, 0.25) is 5.89 Å². The fourth-order valence-corrected chi connectivity index (χ4v) is 4.44. The Hall–Kier alpha value is -3.23. The molecule has 8 heteroatoms. The first kappa shape index (κ1) is 25.9. The molecule has 0 spiro atoms. The van der Waals surface area contributed by atoms with Gasteiger partial charge in [0.05, 0.1) is 12.6 Å². The summed E-state index contributed by atoms with van der Waals surface area (Å²) in [5, 5.41) is 6.96. The van der Waals surface area contributed by atoms with Crippen LogP contribution in [-0.2, 0) is 16.8 Å². The molecule has 0 radical (unpaired) electrons. The van der Waals surface area contributed by atoms with E-state index < -0.39 is 17.2 Å². The van der Waals surface area contributed by atoms with Crippen molar-refractivity contribution in [3.8, 4) is 0 Å². The molecule has 1 aliphatic rings. The normalized spacial score (nSPS) is 15.7. The monoisotopic (exact) mass is 491 g/mol. The molecule has 1 saturated heterocycles. The molecule has 1 aromatic heterocycles. The average Bonchev–Trinajstić information content (AvgIpc) is 3.30. The summed E-state index contributed by atoms with van der Waals surface area (Å²) in [5.41, 5.74) is 1.21. The van der Waals surface area contributed by atoms with Gasteiger partial charge in [0.1, 0.15) is 11.1 Å². The molecule has 0 atom stereocenters. The molecule has 0 saturated carbocycles. The smallest absolute Gasteiger partial charge is 0.408 e. The molecule has 3 aromatic rings. The Morgan fingerprint density at radius 1 is 0.944 bits per heavy atom. The predicted octanol–water partition coefficient (Wildman–Crippen LogP) is 4.74. The minimum Gasteiger partial charge on any atom is -0.444 e. The van der Waals surface area contributed by atoms with Gasteiger partial charge in [0.15, 0.2) is 5.82 Å². The van der Waals surface area contributed by atoms with E-state index in [1.807, 2.05) is 34.6 Å². The zero-order chi connectivity index (χ0) is 25.8. The van der Waals surface area contributed by atoms with Crippen LogP contribution in [0.2, 0.25) is 0 Å². The molecule has 192 valence electrons. The zero-order valence-corrected chi connectivity index (χ0v) is 21.9. The van der Waals surface area contributed by atoms with E-state index >= 15 is 0 Å². The maximum Gasteiger partial charge on any atom is 0.408 e. The van der Waals surface area contributed by atoms with E-state index in [0.29, 0.717) is 18.3 Å². The van der Waals surface area contributed by atoms with Gasteiger partial charge >= 0.3 is 6.09 Å². The first-order chi connectivity index (χ1) is 17.1. The summed E-state index contributed by atoms with van der Waals surface area (Å²) in [6.07, 6.45) is -0.513. The van der Waals surface area contributed by atoms with Gasteiger partial charge in [-0.3, -0.25) is 9.80 Å². The number of benzene rings is 2. The maximum absolute atomic E-state index is 12.2. The fraction of sp³-hybridized carbons (Fsp3) is 0.464. The second-order valence-corrected chi connectivity index (χ2v) is 10.8. The number of nitrogens with one attached hydrogen (secondary N) is 1. The van der Waals surface area contributed by atoms with Crippen molar-refractivity contribution >= 4 is 6.09 Å². The Morgan fingerprint density at radius 2 is 1.50 bits per heavy atom. The number of hydrogen-bond acceptors (Lipinski definition) is 7. The summed E-state index contributed by atoms with van der Waals surface area (Å²) in [7, 11) is 0. The highest BCUT2D eigenvalue weighted by Gasteiger charge is 2.32. The summed E-state index contributed by atoms with van der Waals surface area (Å²) >= 11 is 0. The van der Waals surface area contributed by atoms with E-state index in [0.717, 1.165) is 26.2 Å². The Bertz CT molecular complexity index is 1080. The van der Waals surface area contributed by atoms with Crippen LogP contribution in [0.1, 0.15) is 63.5 Å². The van der Waals surface area contributed by atoms with E-state index in [1.165, 1.54) is 11.1 Å². The highest BCUT2D eigenvalue weighted by atomic mass is 16.6.